The van der Waals surface area contributed by atoms with E-state index in [4.69, 9.17) is 11.6 Å². The van der Waals surface area contributed by atoms with Gasteiger partial charge in [-0.3, -0.25) is 13.9 Å². The number of carbonyl (C=O) groups is 2. The second-order valence-electron chi connectivity index (χ2n) is 7.81. The number of sulfonamides is 1. The lowest BCUT2D eigenvalue weighted by Crippen LogP contribution is -2.29. The molecule has 0 saturated carbocycles. The maximum atomic E-state index is 12.6. The Hall–Kier alpha value is -3.69. The summed E-state index contributed by atoms with van der Waals surface area (Å²) in [5, 5.41) is 7.30. The van der Waals surface area contributed by atoms with Gasteiger partial charge in [0.25, 0.3) is 5.91 Å². The highest BCUT2D eigenvalue weighted by molar-refractivity contribution is 7.92. The van der Waals surface area contributed by atoms with E-state index in [9.17, 15) is 18.0 Å². The van der Waals surface area contributed by atoms with Crippen molar-refractivity contribution in [2.75, 3.05) is 15.9 Å². The van der Waals surface area contributed by atoms with Gasteiger partial charge in [-0.1, -0.05) is 41.9 Å². The molecule has 3 aromatic rings. The highest BCUT2D eigenvalue weighted by atomic mass is 35.5. The third-order valence-electron chi connectivity index (χ3n) is 5.02. The highest BCUT2D eigenvalue weighted by Gasteiger charge is 2.19. The maximum absolute atomic E-state index is 12.6. The second kappa shape index (κ2) is 11.2. The second-order valence-corrected chi connectivity index (χ2v) is 10.1. The fourth-order valence-corrected chi connectivity index (χ4v) is 4.32. The van der Waals surface area contributed by atoms with E-state index in [0.717, 1.165) is 11.8 Å². The maximum Gasteiger partial charge on any atom is 0.271 e. The Morgan fingerprint density at radius 3 is 2.26 bits per heavy atom. The van der Waals surface area contributed by atoms with Crippen LogP contribution in [0.2, 0.25) is 5.02 Å². The van der Waals surface area contributed by atoms with Crippen LogP contribution in [0.15, 0.2) is 77.9 Å². The minimum atomic E-state index is -3.60. The minimum Gasteiger partial charge on any atom is -0.326 e. The third kappa shape index (κ3) is 7.14. The molecule has 35 heavy (non-hydrogen) atoms. The molecule has 3 aromatic carbocycles. The first-order valence-electron chi connectivity index (χ1n) is 10.6. The first-order valence-corrected chi connectivity index (χ1v) is 12.8. The Morgan fingerprint density at radius 1 is 0.943 bits per heavy atom. The summed E-state index contributed by atoms with van der Waals surface area (Å²) >= 11 is 6.20. The van der Waals surface area contributed by atoms with Crippen LogP contribution in [0, 0.1) is 0 Å². The van der Waals surface area contributed by atoms with Gasteiger partial charge in [0, 0.05) is 23.2 Å². The molecule has 0 unspecified atom stereocenters. The van der Waals surface area contributed by atoms with Crippen LogP contribution in [-0.4, -0.2) is 32.2 Å². The van der Waals surface area contributed by atoms with E-state index in [2.05, 4.69) is 15.8 Å². The molecule has 2 amide bonds. The van der Waals surface area contributed by atoms with Crippen LogP contribution >= 0.6 is 11.6 Å². The van der Waals surface area contributed by atoms with Gasteiger partial charge in [-0.2, -0.15) is 5.10 Å². The van der Waals surface area contributed by atoms with Gasteiger partial charge in [0.1, 0.15) is 0 Å². The summed E-state index contributed by atoms with van der Waals surface area (Å²) in [6.45, 7) is 3.21. The van der Waals surface area contributed by atoms with Gasteiger partial charge in [-0.15, -0.1) is 0 Å². The summed E-state index contributed by atoms with van der Waals surface area (Å²) in [5.41, 5.74) is 5.77. The van der Waals surface area contributed by atoms with Crippen LogP contribution < -0.4 is 15.0 Å². The molecule has 0 radical (unpaired) electrons. The van der Waals surface area contributed by atoms with Crippen molar-refractivity contribution in [2.24, 2.45) is 5.10 Å². The number of hydrogen-bond acceptors (Lipinski definition) is 5. The molecule has 3 rings (SSSR count). The van der Waals surface area contributed by atoms with Gasteiger partial charge >= 0.3 is 0 Å². The molecule has 0 aliphatic heterocycles. The number of amides is 2. The number of rotatable bonds is 8. The predicted octanol–water partition coefficient (Wildman–Crippen LogP) is 4.42. The summed E-state index contributed by atoms with van der Waals surface area (Å²) in [6, 6.07) is 20.3. The van der Waals surface area contributed by atoms with E-state index in [1.54, 1.807) is 61.5 Å². The van der Waals surface area contributed by atoms with Gasteiger partial charge in [0.05, 0.1) is 24.2 Å². The normalized spacial score (nSPS) is 11.6. The Balaban J connectivity index is 1.74. The van der Waals surface area contributed by atoms with E-state index < -0.39 is 15.9 Å². The lowest BCUT2D eigenvalue weighted by Gasteiger charge is -2.23. The molecule has 2 N–H and O–H groups in total. The average molecular weight is 513 g/mol. The van der Waals surface area contributed by atoms with Crippen molar-refractivity contribution in [3.05, 3.63) is 94.5 Å². The van der Waals surface area contributed by atoms with E-state index in [0.29, 0.717) is 33.2 Å². The van der Waals surface area contributed by atoms with Crippen LogP contribution in [0.25, 0.3) is 0 Å². The molecular weight excluding hydrogens is 488 g/mol. The van der Waals surface area contributed by atoms with E-state index in [-0.39, 0.29) is 12.5 Å². The molecule has 0 atom stereocenters. The average Bonchev–Trinajstić information content (AvgIpc) is 2.81. The van der Waals surface area contributed by atoms with Crippen LogP contribution in [0.1, 0.15) is 35.3 Å². The summed E-state index contributed by atoms with van der Waals surface area (Å²) in [6.07, 6.45) is 1.11. The highest BCUT2D eigenvalue weighted by Crippen LogP contribution is 2.24. The van der Waals surface area contributed by atoms with Crippen molar-refractivity contribution in [3.63, 3.8) is 0 Å². The zero-order valence-electron chi connectivity index (χ0n) is 19.4. The quantitative estimate of drug-likeness (QED) is 0.344. The standard InChI is InChI=1S/C25H25ClN4O4S/c1-17(20-8-6-9-22(15-20)27-18(2)31)28-29-25(32)19-11-13-23(14-12-19)30(35(3,33)34)16-21-7-4-5-10-24(21)26/h4-15H,16H2,1-3H3,(H,27,31)(H,29,32)/b28-17-. The van der Waals surface area contributed by atoms with Crippen molar-refractivity contribution >= 4 is 50.5 Å². The number of halogens is 1. The number of nitrogens with zero attached hydrogens (tertiary/aromatic N) is 2. The number of carbonyl (C=O) groups excluding carboxylic acids is 2. The molecule has 8 nitrogen and oxygen atoms in total. The molecular formula is C25H25ClN4O4S. The predicted molar refractivity (Wildman–Crippen MR) is 139 cm³/mol. The van der Waals surface area contributed by atoms with Crippen molar-refractivity contribution < 1.29 is 18.0 Å². The first kappa shape index (κ1) is 25.9. The van der Waals surface area contributed by atoms with Crippen molar-refractivity contribution in [3.8, 4) is 0 Å². The fourth-order valence-electron chi connectivity index (χ4n) is 3.25. The lowest BCUT2D eigenvalue weighted by molar-refractivity contribution is -0.114. The molecule has 0 fully saturated rings. The summed E-state index contributed by atoms with van der Waals surface area (Å²) in [7, 11) is -3.60. The van der Waals surface area contributed by atoms with Crippen LogP contribution in [-0.2, 0) is 21.4 Å². The Kier molecular flexibility index (Phi) is 8.26. The molecule has 0 spiro atoms. The number of hydrazone groups is 1. The van der Waals surface area contributed by atoms with Gasteiger partial charge < -0.3 is 5.32 Å². The van der Waals surface area contributed by atoms with Crippen LogP contribution in [0.4, 0.5) is 11.4 Å². The van der Waals surface area contributed by atoms with Gasteiger partial charge in [-0.25, -0.2) is 13.8 Å². The smallest absolute Gasteiger partial charge is 0.271 e. The third-order valence-corrected chi connectivity index (χ3v) is 6.52. The van der Waals surface area contributed by atoms with Crippen molar-refractivity contribution in [1.82, 2.24) is 5.43 Å². The first-order chi connectivity index (χ1) is 16.5. The monoisotopic (exact) mass is 512 g/mol. The molecule has 10 heteroatoms. The SMILES string of the molecule is CC(=O)Nc1cccc(/C(C)=N\NC(=O)c2ccc(N(Cc3ccccc3Cl)S(C)(=O)=O)cc2)c1. The molecule has 0 aliphatic carbocycles. The molecule has 182 valence electrons. The number of benzene rings is 3. The topological polar surface area (TPSA) is 108 Å². The number of anilines is 2. The van der Waals surface area contributed by atoms with Crippen LogP contribution in [0.5, 0.6) is 0 Å². The zero-order chi connectivity index (χ0) is 25.6. The molecule has 0 aliphatic rings. The largest absolute Gasteiger partial charge is 0.326 e. The van der Waals surface area contributed by atoms with Crippen molar-refractivity contribution in [1.29, 1.82) is 0 Å². The summed E-state index contributed by atoms with van der Waals surface area (Å²) in [4.78, 5) is 23.8. The van der Waals surface area contributed by atoms with Crippen molar-refractivity contribution in [2.45, 2.75) is 20.4 Å². The van der Waals surface area contributed by atoms with Crippen LogP contribution in [0.3, 0.4) is 0 Å². The van der Waals surface area contributed by atoms with E-state index >= 15 is 0 Å². The minimum absolute atomic E-state index is 0.0606. The molecule has 0 heterocycles. The van der Waals surface area contributed by atoms with E-state index in [1.807, 2.05) is 6.07 Å². The number of nitrogens with one attached hydrogen (secondary N) is 2. The van der Waals surface area contributed by atoms with Gasteiger partial charge in [0.2, 0.25) is 15.9 Å². The fraction of sp³-hybridized carbons (Fsp3) is 0.160. The summed E-state index contributed by atoms with van der Waals surface area (Å²) < 4.78 is 26.1. The zero-order valence-corrected chi connectivity index (χ0v) is 21.0. The number of hydrogen-bond donors (Lipinski definition) is 2. The Labute approximate surface area is 209 Å². The molecule has 0 saturated heterocycles. The molecule has 0 aromatic heterocycles. The Morgan fingerprint density at radius 2 is 1.63 bits per heavy atom. The van der Waals surface area contributed by atoms with Gasteiger partial charge in [-0.05, 0) is 60.5 Å². The summed E-state index contributed by atoms with van der Waals surface area (Å²) in [5.74, 6) is -0.638. The molecule has 0 bridgehead atoms. The van der Waals surface area contributed by atoms with E-state index in [1.165, 1.54) is 23.4 Å². The Bertz CT molecular complexity index is 1370. The lowest BCUT2D eigenvalue weighted by atomic mass is 10.1. The van der Waals surface area contributed by atoms with Gasteiger partial charge in [0.15, 0.2) is 0 Å².